The minimum absolute atomic E-state index is 0.0855. The predicted molar refractivity (Wildman–Crippen MR) is 354 cm³/mol. The number of nitrogens with zero attached hydrogens (tertiary/aromatic N) is 8. The van der Waals surface area contributed by atoms with E-state index in [0.29, 0.717) is 19.4 Å². The van der Waals surface area contributed by atoms with Crippen LogP contribution in [-0.2, 0) is 57.4 Å². The summed E-state index contributed by atoms with van der Waals surface area (Å²) in [6.45, 7) is 32.5. The highest BCUT2D eigenvalue weighted by Crippen LogP contribution is 2.36. The average molecular weight is 1300 g/mol. The molecule has 4 N–H and O–H groups in total. The monoisotopic (exact) mass is 1300 g/mol. The fraction of sp³-hybridized carbons (Fsp3) is 0.838. The lowest BCUT2D eigenvalue weighted by Crippen LogP contribution is -2.62. The average Bonchev–Trinajstić information content (AvgIpc) is 1.62. The Kier molecular flexibility index (Phi) is 28.5. The van der Waals surface area contributed by atoms with Crippen molar-refractivity contribution in [3.8, 4) is 0 Å². The Morgan fingerprint density at radius 2 is 1.09 bits per heavy atom. The maximum Gasteiger partial charge on any atom is 0.248 e. The summed E-state index contributed by atoms with van der Waals surface area (Å²) in [5.74, 6) is -5.11. The van der Waals surface area contributed by atoms with Gasteiger partial charge in [0, 0.05) is 81.6 Å². The zero-order valence-corrected chi connectivity index (χ0v) is 60.2. The Labute approximate surface area is 551 Å². The molecule has 5 saturated heterocycles. The molecule has 5 fully saturated rings. The van der Waals surface area contributed by atoms with Crippen LogP contribution in [-0.4, -0.2) is 271 Å². The number of carbonyl (C=O) groups excluding carboxylic acids is 9. The fourth-order valence-electron chi connectivity index (χ4n) is 14.2. The molecule has 24 nitrogen and oxygen atoms in total. The van der Waals surface area contributed by atoms with E-state index in [2.05, 4.69) is 46.9 Å². The Morgan fingerprint density at radius 3 is 1.62 bits per heavy atom. The molecule has 24 heteroatoms. The van der Waals surface area contributed by atoms with Crippen molar-refractivity contribution in [1.29, 1.82) is 0 Å². The molecule has 92 heavy (non-hydrogen) atoms. The van der Waals surface area contributed by atoms with E-state index in [4.69, 9.17) is 14.2 Å². The lowest BCUT2D eigenvalue weighted by Gasteiger charge is -2.40. The number of carbonyl (C=O) groups is 9. The van der Waals surface area contributed by atoms with Crippen LogP contribution in [0.1, 0.15) is 156 Å². The van der Waals surface area contributed by atoms with Gasteiger partial charge in [-0.25, -0.2) is 0 Å². The molecule has 5 aliphatic heterocycles. The second-order valence-electron chi connectivity index (χ2n) is 29.3. The largest absolute Gasteiger partial charge is 0.372 e. The molecular formula is C68H120N12O12. The van der Waals surface area contributed by atoms with E-state index >= 15 is 24.0 Å². The van der Waals surface area contributed by atoms with Crippen LogP contribution in [0.3, 0.4) is 0 Å². The number of hydrogen-bond acceptors (Lipinski definition) is 15. The Balaban J connectivity index is 1.59. The molecule has 0 saturated carbocycles. The van der Waals surface area contributed by atoms with Crippen molar-refractivity contribution < 1.29 is 57.4 Å². The van der Waals surface area contributed by atoms with E-state index in [1.54, 1.807) is 65.6 Å². The minimum Gasteiger partial charge on any atom is -0.372 e. The maximum absolute atomic E-state index is 15.3. The molecule has 0 aromatic carbocycles. The molecule has 0 aliphatic carbocycles. The number of epoxide rings is 1. The summed E-state index contributed by atoms with van der Waals surface area (Å²) in [5.41, 5.74) is 0. The van der Waals surface area contributed by atoms with E-state index in [1.807, 2.05) is 67.5 Å². The van der Waals surface area contributed by atoms with Gasteiger partial charge in [0.15, 0.2) is 0 Å². The summed E-state index contributed by atoms with van der Waals surface area (Å²) in [6, 6.07) is -10.4. The lowest BCUT2D eigenvalue weighted by molar-refractivity contribution is -0.155. The lowest BCUT2D eigenvalue weighted by atomic mass is 9.92. The maximum atomic E-state index is 15.3. The Hall–Kier alpha value is -5.27. The predicted octanol–water partition coefficient (Wildman–Crippen LogP) is 3.55. The molecule has 4 bridgehead atoms. The van der Waals surface area contributed by atoms with Crippen molar-refractivity contribution in [1.82, 2.24) is 60.5 Å². The second kappa shape index (κ2) is 33.9. The third-order valence-electron chi connectivity index (χ3n) is 20.0. The first-order valence-corrected chi connectivity index (χ1v) is 34.3. The van der Waals surface area contributed by atoms with Crippen LogP contribution in [0.15, 0.2) is 12.2 Å². The van der Waals surface area contributed by atoms with E-state index in [1.165, 1.54) is 52.7 Å². The van der Waals surface area contributed by atoms with Gasteiger partial charge in [0.05, 0.1) is 42.5 Å². The van der Waals surface area contributed by atoms with Crippen LogP contribution in [0, 0.1) is 35.5 Å². The summed E-state index contributed by atoms with van der Waals surface area (Å²) < 4.78 is 19.6. The highest BCUT2D eigenvalue weighted by atomic mass is 16.6. The van der Waals surface area contributed by atoms with E-state index in [9.17, 15) is 19.2 Å². The van der Waals surface area contributed by atoms with Gasteiger partial charge in [-0.15, -0.1) is 0 Å². The van der Waals surface area contributed by atoms with Crippen LogP contribution in [0.5, 0.6) is 0 Å². The standard InChI is InChI=1S/C68H120N12O12/c1-24-26-27-41(11)57-56-60(82)71-50(25-2)64(85)73(17)45(15)63(84)77(21)54(42(12)34-80-35-48-28-29-49(36-80)91-48)58-61(92-58)72-53(40(9)10)67(88)74(18)47(30-37(3)4)33-69-43(13)59(81)70-44(14)62(83)75(19)51(31-38(5)6)65(86)76(20)52(32-39(7)8)66(87)78(22)55(46(16)90-57)68(89)79(56)23/h24,26,37-58,61,69,72H,25,27-36H2,1-23H3,(H,70,81)(H,71,82). The van der Waals surface area contributed by atoms with E-state index in [0.717, 1.165) is 25.9 Å². The number of amides is 9. The first-order chi connectivity index (χ1) is 43.0. The minimum atomic E-state index is -1.29. The molecule has 9 amide bonds. The molecule has 0 radical (unpaired) electrons. The van der Waals surface area contributed by atoms with Crippen molar-refractivity contribution >= 4 is 53.2 Å². The highest BCUT2D eigenvalue weighted by Gasteiger charge is 2.54. The number of hydrogen-bond donors (Lipinski definition) is 4. The van der Waals surface area contributed by atoms with Gasteiger partial charge in [-0.05, 0) is 115 Å². The van der Waals surface area contributed by atoms with Crippen LogP contribution in [0.4, 0.5) is 0 Å². The zero-order chi connectivity index (χ0) is 69.2. The van der Waals surface area contributed by atoms with Crippen LogP contribution in [0.25, 0.3) is 0 Å². The van der Waals surface area contributed by atoms with Gasteiger partial charge < -0.3 is 64.5 Å². The zero-order valence-electron chi connectivity index (χ0n) is 60.2. The quantitative estimate of drug-likeness (QED) is 0.143. The van der Waals surface area contributed by atoms with E-state index in [-0.39, 0.29) is 91.4 Å². The number of morpholine rings is 1. The Bertz CT molecular complexity index is 2560. The summed E-state index contributed by atoms with van der Waals surface area (Å²) in [5, 5.41) is 12.7. The van der Waals surface area contributed by atoms with Crippen molar-refractivity contribution in [2.75, 3.05) is 75.5 Å². The molecule has 0 aromatic rings. The SMILES string of the molecule is CC=CCC(C)C1OC(C)C2C(=O)N(C)C1C(=O)NC(CC)C(=O)N(C)C(C)C(=O)N(C)C(C(C)CN1CC3CCC(C1)O3)C1OC1NC(C(C)C)C(=O)N(C)C(CC(C)C)CNC(C)C(=O)NC(C)C(=O)N(C)C(CC(C)C)C(=O)N(C)C(CC(C)C)C(=O)N2C. The number of rotatable bonds is 14. The summed E-state index contributed by atoms with van der Waals surface area (Å²) in [6.07, 6.45) is 4.66. The van der Waals surface area contributed by atoms with Crippen LogP contribution < -0.4 is 21.3 Å². The van der Waals surface area contributed by atoms with Gasteiger partial charge in [-0.1, -0.05) is 88.3 Å². The second-order valence-corrected chi connectivity index (χ2v) is 29.3. The van der Waals surface area contributed by atoms with Gasteiger partial charge in [-0.2, -0.15) is 0 Å². The van der Waals surface area contributed by atoms with Gasteiger partial charge in [-0.3, -0.25) is 53.4 Å². The molecule has 19 unspecified atom stereocenters. The van der Waals surface area contributed by atoms with Crippen LogP contribution in [0.2, 0.25) is 0 Å². The summed E-state index contributed by atoms with van der Waals surface area (Å²) >= 11 is 0. The summed E-state index contributed by atoms with van der Waals surface area (Å²) in [7, 11) is 11.1. The van der Waals surface area contributed by atoms with Gasteiger partial charge in [0.2, 0.25) is 53.2 Å². The fourth-order valence-corrected chi connectivity index (χ4v) is 14.2. The first-order valence-electron chi connectivity index (χ1n) is 34.3. The molecule has 0 spiro atoms. The number of ether oxygens (including phenoxy) is 3. The van der Waals surface area contributed by atoms with Gasteiger partial charge >= 0.3 is 0 Å². The smallest absolute Gasteiger partial charge is 0.248 e. The number of allylic oxidation sites excluding steroid dienone is 2. The molecule has 5 rings (SSSR count). The highest BCUT2D eigenvalue weighted by molar-refractivity contribution is 5.98. The third kappa shape index (κ3) is 19.0. The van der Waals surface area contributed by atoms with Gasteiger partial charge in [0.25, 0.3) is 0 Å². The molecule has 5 aliphatic rings. The number of nitrogens with one attached hydrogen (secondary N) is 4. The Morgan fingerprint density at radius 1 is 0.543 bits per heavy atom. The third-order valence-corrected chi connectivity index (χ3v) is 20.0. The molecule has 5 heterocycles. The van der Waals surface area contributed by atoms with Crippen molar-refractivity contribution in [3.63, 3.8) is 0 Å². The number of likely N-dealkylation sites (N-methyl/N-ethyl adjacent to an activating group) is 7. The normalized spacial score (nSPS) is 34.2. The molecule has 19 atom stereocenters. The van der Waals surface area contributed by atoms with E-state index < -0.39 is 126 Å². The first kappa shape index (κ1) is 77.4. The molecule has 524 valence electrons. The number of fused-ring (bicyclic) bond motifs is 6. The number of likely N-dealkylation sites (tertiary alicyclic amines) is 1. The molecular weight excluding hydrogens is 1180 g/mol. The van der Waals surface area contributed by atoms with Crippen molar-refractivity contribution in [2.45, 2.75) is 259 Å². The van der Waals surface area contributed by atoms with Gasteiger partial charge in [0.1, 0.15) is 54.6 Å². The van der Waals surface area contributed by atoms with Crippen molar-refractivity contribution in [3.05, 3.63) is 12.2 Å². The van der Waals surface area contributed by atoms with Crippen LogP contribution >= 0.6 is 0 Å². The topological polar surface area (TPSA) is 259 Å². The molecule has 0 aromatic heterocycles. The van der Waals surface area contributed by atoms with Crippen molar-refractivity contribution in [2.24, 2.45) is 35.5 Å². The summed E-state index contributed by atoms with van der Waals surface area (Å²) in [4.78, 5) is 147.